The monoisotopic (exact) mass is 332 g/mol. The highest BCUT2D eigenvalue weighted by Gasteiger charge is 2.43. The van der Waals surface area contributed by atoms with Crippen molar-refractivity contribution >= 4 is 23.2 Å². The summed E-state index contributed by atoms with van der Waals surface area (Å²) in [5.74, 6) is -0.337. The van der Waals surface area contributed by atoms with E-state index in [2.05, 4.69) is 4.79 Å². The maximum atomic E-state index is 14.2. The molecule has 0 aromatic heterocycles. The molecule has 0 radical (unpaired) electrons. The molecule has 0 bridgehead atoms. The average molecular weight is 332 g/mol. The zero-order valence-electron chi connectivity index (χ0n) is 13.1. The highest BCUT2D eigenvalue weighted by molar-refractivity contribution is 7.93. The van der Waals surface area contributed by atoms with Gasteiger partial charge in [0.2, 0.25) is 7.14 Å². The van der Waals surface area contributed by atoms with Crippen molar-refractivity contribution in [1.29, 1.82) is 0 Å². The number of rotatable bonds is 4. The van der Waals surface area contributed by atoms with E-state index < -0.39 is 7.14 Å². The molecule has 24 heavy (non-hydrogen) atoms. The van der Waals surface area contributed by atoms with Crippen LogP contribution in [0.3, 0.4) is 0 Å². The maximum absolute atomic E-state index is 14.2. The second-order valence-electron chi connectivity index (χ2n) is 5.42. The fourth-order valence-electron chi connectivity index (χ4n) is 2.76. The molecule has 4 heteroatoms. The van der Waals surface area contributed by atoms with Gasteiger partial charge in [-0.15, -0.1) is 0 Å². The lowest BCUT2D eigenvalue weighted by molar-refractivity contribution is -0.00459. The van der Waals surface area contributed by atoms with Crippen molar-refractivity contribution in [3.8, 4) is 0 Å². The second-order valence-corrected chi connectivity index (χ2v) is 8.13. The van der Waals surface area contributed by atoms with Crippen molar-refractivity contribution in [1.82, 2.24) is 0 Å². The molecule has 0 atom stereocenters. The molecule has 0 unspecified atom stereocenters. The smallest absolute Gasteiger partial charge is 0.343 e. The van der Waals surface area contributed by atoms with E-state index in [0.717, 1.165) is 0 Å². The van der Waals surface area contributed by atoms with Gasteiger partial charge in [-0.25, -0.2) is 0 Å². The van der Waals surface area contributed by atoms with E-state index in [1.807, 2.05) is 97.1 Å². The van der Waals surface area contributed by atoms with Crippen LogP contribution in [0.2, 0.25) is 0 Å². The minimum Gasteiger partial charge on any atom is -0.361 e. The van der Waals surface area contributed by atoms with Crippen LogP contribution >= 0.6 is 7.14 Å². The minimum absolute atomic E-state index is 0.260. The molecule has 0 heterocycles. The Bertz CT molecular complexity index is 832. The second kappa shape index (κ2) is 7.23. The summed E-state index contributed by atoms with van der Waals surface area (Å²) in [6.45, 7) is 0. The highest BCUT2D eigenvalue weighted by atomic mass is 31.2. The summed E-state index contributed by atoms with van der Waals surface area (Å²) >= 11 is 0. The molecule has 3 nitrogen and oxygen atoms in total. The topological polar surface area (TPSA) is 53.5 Å². The Kier molecular flexibility index (Phi) is 4.86. The molecule has 0 N–H and O–H groups in total. The van der Waals surface area contributed by atoms with E-state index >= 15 is 0 Å². The Hall–Kier alpha value is -2.73. The molecule has 0 fully saturated rings. The normalized spacial score (nSPS) is 14.2. The van der Waals surface area contributed by atoms with Crippen LogP contribution in [0, 0.1) is 5.92 Å². The molecule has 3 rings (SSSR count). The van der Waals surface area contributed by atoms with Crippen LogP contribution in [-0.2, 0) is 4.57 Å². The lowest BCUT2D eigenvalue weighted by atomic mass is 10.1. The fourth-order valence-corrected chi connectivity index (χ4v) is 5.49. The molecule has 1 aliphatic carbocycles. The van der Waals surface area contributed by atoms with E-state index in [1.165, 1.54) is 0 Å². The van der Waals surface area contributed by atoms with Gasteiger partial charge in [-0.1, -0.05) is 97.1 Å². The van der Waals surface area contributed by atoms with E-state index in [-0.39, 0.29) is 11.4 Å². The third kappa shape index (κ3) is 3.00. The molecule has 0 spiro atoms. The third-order valence-electron chi connectivity index (χ3n) is 3.93. The molecule has 0 aliphatic heterocycles. The first-order valence-electron chi connectivity index (χ1n) is 7.72. The van der Waals surface area contributed by atoms with Crippen LogP contribution in [0.5, 0.6) is 0 Å². The van der Waals surface area contributed by atoms with Gasteiger partial charge in [-0.2, -0.15) is 4.79 Å². The molecule has 0 amide bonds. The predicted molar refractivity (Wildman–Crippen MR) is 99.3 cm³/mol. The van der Waals surface area contributed by atoms with Crippen molar-refractivity contribution in [2.24, 2.45) is 5.92 Å². The molecular formula is C20H17N2OP. The van der Waals surface area contributed by atoms with E-state index in [0.29, 0.717) is 10.6 Å². The molecule has 0 saturated heterocycles. The Morgan fingerprint density at radius 2 is 1.25 bits per heavy atom. The van der Waals surface area contributed by atoms with Crippen molar-refractivity contribution in [2.75, 3.05) is 0 Å². The minimum atomic E-state index is -3.25. The van der Waals surface area contributed by atoms with Gasteiger partial charge in [-0.05, 0) is 0 Å². The quantitative estimate of drug-likeness (QED) is 0.362. The largest absolute Gasteiger partial charge is 0.361 e. The van der Waals surface area contributed by atoms with E-state index in [4.69, 9.17) is 0 Å². The first kappa shape index (κ1) is 16.1. The van der Waals surface area contributed by atoms with Gasteiger partial charge in [-0.3, -0.25) is 0 Å². The highest BCUT2D eigenvalue weighted by Crippen LogP contribution is 2.47. The first-order valence-corrected chi connectivity index (χ1v) is 9.43. The zero-order chi connectivity index (χ0) is 16.8. The molecule has 0 saturated carbocycles. The Morgan fingerprint density at radius 1 is 0.792 bits per heavy atom. The van der Waals surface area contributed by atoms with E-state index in [9.17, 15) is 10.1 Å². The van der Waals surface area contributed by atoms with Crippen LogP contribution in [0.25, 0.3) is 5.53 Å². The van der Waals surface area contributed by atoms with Crippen LogP contribution in [0.4, 0.5) is 0 Å². The van der Waals surface area contributed by atoms with Gasteiger partial charge < -0.3 is 10.1 Å². The number of hydrogen-bond donors (Lipinski definition) is 0. The van der Waals surface area contributed by atoms with Gasteiger partial charge in [0.05, 0.1) is 0 Å². The number of nitrogens with zero attached hydrogens (tertiary/aromatic N) is 2. The van der Waals surface area contributed by atoms with Gasteiger partial charge >= 0.3 is 5.45 Å². The summed E-state index contributed by atoms with van der Waals surface area (Å²) < 4.78 is 14.2. The van der Waals surface area contributed by atoms with Gasteiger partial charge in [0, 0.05) is 10.6 Å². The summed E-state index contributed by atoms with van der Waals surface area (Å²) in [6, 6.07) is 18.4. The van der Waals surface area contributed by atoms with Gasteiger partial charge in [0.25, 0.3) is 0 Å². The van der Waals surface area contributed by atoms with Crippen molar-refractivity contribution < 1.29 is 9.35 Å². The summed E-state index contributed by atoms with van der Waals surface area (Å²) in [5.41, 5.74) is 10.0. The average Bonchev–Trinajstić information content (AvgIpc) is 2.93. The molecular weight excluding hydrogens is 315 g/mol. The number of benzene rings is 2. The van der Waals surface area contributed by atoms with Crippen molar-refractivity contribution in [3.05, 3.63) is 103 Å². The Labute approximate surface area is 141 Å². The maximum Gasteiger partial charge on any atom is 0.343 e. The number of allylic oxidation sites excluding steroid dienone is 6. The van der Waals surface area contributed by atoms with Crippen LogP contribution < -0.4 is 10.6 Å². The molecule has 2 aromatic carbocycles. The lowest BCUT2D eigenvalue weighted by Crippen LogP contribution is -2.27. The zero-order valence-corrected chi connectivity index (χ0v) is 14.0. The standard InChI is InChI=1S/C20H17N2OP/c21-22-20(17-11-5-1-2-6-12-17)24(23,18-13-7-3-8-14-18)19-15-9-4-10-16-19/h1-17H. The summed E-state index contributed by atoms with van der Waals surface area (Å²) in [6.07, 6.45) is 11.3. The Morgan fingerprint density at radius 3 is 1.67 bits per heavy atom. The van der Waals surface area contributed by atoms with E-state index in [1.54, 1.807) is 0 Å². The van der Waals surface area contributed by atoms with Crippen LogP contribution in [0.15, 0.2) is 97.1 Å². The SMILES string of the molecule is [N-]=[N+]=C(C1C=CC=CC=C1)P(=O)(c1ccccc1)c1ccccc1. The third-order valence-corrected chi connectivity index (χ3v) is 7.02. The van der Waals surface area contributed by atoms with Crippen molar-refractivity contribution in [3.63, 3.8) is 0 Å². The molecule has 2 aromatic rings. The van der Waals surface area contributed by atoms with Gasteiger partial charge in [0.1, 0.15) is 5.92 Å². The van der Waals surface area contributed by atoms with Crippen LogP contribution in [0.1, 0.15) is 0 Å². The van der Waals surface area contributed by atoms with Crippen molar-refractivity contribution in [2.45, 2.75) is 0 Å². The Balaban J connectivity index is 2.22. The lowest BCUT2D eigenvalue weighted by Gasteiger charge is -2.17. The van der Waals surface area contributed by atoms with Gasteiger partial charge in [0.15, 0.2) is 0 Å². The summed E-state index contributed by atoms with van der Waals surface area (Å²) in [5, 5.41) is 1.31. The summed E-state index contributed by atoms with van der Waals surface area (Å²) in [7, 11) is -3.25. The number of hydrogen-bond acceptors (Lipinski definition) is 1. The van der Waals surface area contributed by atoms with Crippen LogP contribution in [-0.4, -0.2) is 10.2 Å². The predicted octanol–water partition coefficient (Wildman–Crippen LogP) is 3.93. The molecule has 1 aliphatic rings. The molecule has 118 valence electrons. The fraction of sp³-hybridized carbons (Fsp3) is 0.0500. The summed E-state index contributed by atoms with van der Waals surface area (Å²) in [4.78, 5) is 3.50. The first-order chi connectivity index (χ1) is 11.8.